The molecule has 3 aromatic carbocycles. The van der Waals surface area contributed by atoms with Crippen LogP contribution in [0.3, 0.4) is 0 Å². The third-order valence-corrected chi connectivity index (χ3v) is 6.43. The zero-order valence-electron chi connectivity index (χ0n) is 20.4. The maximum Gasteiger partial charge on any atom is 0.229 e. The molecule has 13 heteroatoms. The summed E-state index contributed by atoms with van der Waals surface area (Å²) in [5, 5.41) is 4.63. The van der Waals surface area contributed by atoms with Crippen molar-refractivity contribution in [2.24, 2.45) is 0 Å². The van der Waals surface area contributed by atoms with Crippen molar-refractivity contribution in [2.45, 2.75) is 6.92 Å². The van der Waals surface area contributed by atoms with Gasteiger partial charge in [0.15, 0.2) is 11.6 Å². The van der Waals surface area contributed by atoms with Crippen molar-refractivity contribution < 1.29 is 31.1 Å². The average Bonchev–Trinajstić information content (AvgIpc) is 3.44. The molecular formula is C26H20F3N5O4S. The normalized spacial score (nSPS) is 11.6. The van der Waals surface area contributed by atoms with E-state index in [0.29, 0.717) is 16.6 Å². The summed E-state index contributed by atoms with van der Waals surface area (Å²) < 4.78 is 73.7. The van der Waals surface area contributed by atoms with Gasteiger partial charge < -0.3 is 15.5 Å². The quantitative estimate of drug-likeness (QED) is 0.241. The molecule has 0 saturated heterocycles. The zero-order valence-corrected chi connectivity index (χ0v) is 21.2. The molecule has 0 aliphatic carbocycles. The summed E-state index contributed by atoms with van der Waals surface area (Å²) in [5.74, 6) is -3.48. The Bertz CT molecular complexity index is 1880. The standard InChI is InChI=1S/C26H20F3N5O4S/c1-13-8-15(38-23-5-3-4-17(27)24(23)29)6-7-22(13)34-26(30)16(12-31-34)25(35)21-10-14-9-20(33-39(2,36)37)18(28)11-19(14)32-21/h3-12,32-33H,30H2,1-2H3. The number of anilines is 2. The number of fused-ring (bicyclic) bond motifs is 1. The van der Waals surface area contributed by atoms with Crippen LogP contribution < -0.4 is 15.2 Å². The number of nitrogens with one attached hydrogen (secondary N) is 2. The third-order valence-electron chi connectivity index (χ3n) is 5.84. The number of aromatic amines is 1. The number of nitrogen functional groups attached to an aromatic ring is 1. The number of halogens is 3. The molecule has 0 aliphatic rings. The Kier molecular flexibility index (Phi) is 6.30. The number of carbonyl (C=O) groups is 1. The van der Waals surface area contributed by atoms with Gasteiger partial charge in [0.1, 0.15) is 17.4 Å². The Morgan fingerprint density at radius 3 is 2.56 bits per heavy atom. The lowest BCUT2D eigenvalue weighted by atomic mass is 10.1. The second kappa shape index (κ2) is 9.51. The van der Waals surface area contributed by atoms with Gasteiger partial charge in [-0.1, -0.05) is 6.07 Å². The van der Waals surface area contributed by atoms with Crippen LogP contribution in [-0.2, 0) is 10.0 Å². The summed E-state index contributed by atoms with van der Waals surface area (Å²) in [6.07, 6.45) is 2.18. The first-order chi connectivity index (χ1) is 18.4. The molecule has 0 unspecified atom stereocenters. The molecule has 0 spiro atoms. The largest absolute Gasteiger partial charge is 0.454 e. The van der Waals surface area contributed by atoms with E-state index in [0.717, 1.165) is 18.4 Å². The van der Waals surface area contributed by atoms with Crippen LogP contribution >= 0.6 is 0 Å². The topological polar surface area (TPSA) is 132 Å². The molecule has 0 atom stereocenters. The van der Waals surface area contributed by atoms with Crippen LogP contribution in [0.25, 0.3) is 16.6 Å². The van der Waals surface area contributed by atoms with E-state index in [9.17, 15) is 26.4 Å². The molecule has 5 rings (SSSR count). The van der Waals surface area contributed by atoms with Crippen molar-refractivity contribution in [3.8, 4) is 17.2 Å². The Morgan fingerprint density at radius 2 is 1.85 bits per heavy atom. The number of hydrogen-bond donors (Lipinski definition) is 3. The Balaban J connectivity index is 1.43. The van der Waals surface area contributed by atoms with Gasteiger partial charge >= 0.3 is 0 Å². The maximum atomic E-state index is 14.4. The van der Waals surface area contributed by atoms with Crippen LogP contribution in [0, 0.1) is 24.4 Å². The molecule has 2 aromatic heterocycles. The van der Waals surface area contributed by atoms with E-state index in [1.165, 1.54) is 41.2 Å². The van der Waals surface area contributed by atoms with E-state index in [2.05, 4.69) is 14.8 Å². The number of aromatic nitrogens is 3. The van der Waals surface area contributed by atoms with Gasteiger partial charge in [-0.25, -0.2) is 21.9 Å². The zero-order chi connectivity index (χ0) is 28.1. The summed E-state index contributed by atoms with van der Waals surface area (Å²) in [5.41, 5.74) is 7.57. The van der Waals surface area contributed by atoms with E-state index in [4.69, 9.17) is 10.5 Å². The summed E-state index contributed by atoms with van der Waals surface area (Å²) in [6, 6.07) is 12.1. The van der Waals surface area contributed by atoms with Gasteiger partial charge in [-0.2, -0.15) is 9.49 Å². The predicted molar refractivity (Wildman–Crippen MR) is 139 cm³/mol. The summed E-state index contributed by atoms with van der Waals surface area (Å²) in [7, 11) is -3.71. The van der Waals surface area contributed by atoms with E-state index in [1.54, 1.807) is 19.1 Å². The van der Waals surface area contributed by atoms with Crippen molar-refractivity contribution in [3.63, 3.8) is 0 Å². The number of ketones is 1. The fraction of sp³-hybridized carbons (Fsp3) is 0.0769. The van der Waals surface area contributed by atoms with E-state index in [1.807, 2.05) is 0 Å². The number of hydrogen-bond acceptors (Lipinski definition) is 6. The second-order valence-electron chi connectivity index (χ2n) is 8.76. The van der Waals surface area contributed by atoms with Crippen LogP contribution in [-0.4, -0.2) is 35.2 Å². The fourth-order valence-electron chi connectivity index (χ4n) is 4.04. The average molecular weight is 556 g/mol. The van der Waals surface area contributed by atoms with E-state index in [-0.39, 0.29) is 39.8 Å². The SMILES string of the molecule is Cc1cc(Oc2cccc(F)c2F)ccc1-n1ncc(C(=O)c2cc3cc(NS(C)(=O)=O)c(F)cc3[nH]2)c1N. The minimum atomic E-state index is -3.71. The summed E-state index contributed by atoms with van der Waals surface area (Å²) in [4.78, 5) is 16.0. The number of benzene rings is 3. The molecule has 4 N–H and O–H groups in total. The van der Waals surface area contributed by atoms with Crippen LogP contribution in [0.4, 0.5) is 24.7 Å². The highest BCUT2D eigenvalue weighted by molar-refractivity contribution is 7.92. The van der Waals surface area contributed by atoms with Crippen LogP contribution in [0.5, 0.6) is 11.5 Å². The summed E-state index contributed by atoms with van der Waals surface area (Å²) >= 11 is 0. The second-order valence-corrected chi connectivity index (χ2v) is 10.5. The highest BCUT2D eigenvalue weighted by Crippen LogP contribution is 2.30. The van der Waals surface area contributed by atoms with Crippen molar-refractivity contribution >= 4 is 38.2 Å². The third kappa shape index (κ3) is 5.03. The minimum absolute atomic E-state index is 0.0252. The molecule has 0 amide bonds. The molecule has 2 heterocycles. The van der Waals surface area contributed by atoms with E-state index >= 15 is 0 Å². The number of rotatable bonds is 7. The van der Waals surface area contributed by atoms with Gasteiger partial charge in [-0.15, -0.1) is 0 Å². The number of sulfonamides is 1. The molecule has 0 saturated carbocycles. The molecule has 200 valence electrons. The van der Waals surface area contributed by atoms with Crippen molar-refractivity contribution in [1.82, 2.24) is 14.8 Å². The number of ether oxygens (including phenoxy) is 1. The fourth-order valence-corrected chi connectivity index (χ4v) is 4.60. The molecular weight excluding hydrogens is 535 g/mol. The monoisotopic (exact) mass is 555 g/mol. The molecule has 9 nitrogen and oxygen atoms in total. The van der Waals surface area contributed by atoms with Gasteiger partial charge in [0.2, 0.25) is 21.6 Å². The Hall–Kier alpha value is -4.78. The lowest BCUT2D eigenvalue weighted by molar-refractivity contribution is 0.103. The summed E-state index contributed by atoms with van der Waals surface area (Å²) in [6.45, 7) is 1.72. The van der Waals surface area contributed by atoms with Gasteiger partial charge in [-0.3, -0.25) is 9.52 Å². The van der Waals surface area contributed by atoms with Gasteiger partial charge in [-0.05, 0) is 55.0 Å². The minimum Gasteiger partial charge on any atom is -0.454 e. The number of H-pyrrole nitrogens is 1. The van der Waals surface area contributed by atoms with Crippen molar-refractivity contribution in [3.05, 3.63) is 95.1 Å². The molecule has 5 aromatic rings. The first-order valence-electron chi connectivity index (χ1n) is 11.3. The first-order valence-corrected chi connectivity index (χ1v) is 13.2. The predicted octanol–water partition coefficient (Wildman–Crippen LogP) is 5.06. The van der Waals surface area contributed by atoms with Crippen molar-refractivity contribution in [2.75, 3.05) is 16.7 Å². The van der Waals surface area contributed by atoms with E-state index < -0.39 is 33.3 Å². The highest BCUT2D eigenvalue weighted by atomic mass is 32.2. The number of aryl methyl sites for hydroxylation is 1. The Labute approximate surface area is 220 Å². The number of carbonyl (C=O) groups excluding carboxylic acids is 1. The highest BCUT2D eigenvalue weighted by Gasteiger charge is 2.21. The first kappa shape index (κ1) is 25.9. The smallest absolute Gasteiger partial charge is 0.229 e. The maximum absolute atomic E-state index is 14.4. The number of nitrogens with zero attached hydrogens (tertiary/aromatic N) is 2. The van der Waals surface area contributed by atoms with Crippen LogP contribution in [0.15, 0.2) is 60.8 Å². The van der Waals surface area contributed by atoms with Gasteiger partial charge in [0.05, 0.1) is 35.1 Å². The lowest BCUT2D eigenvalue weighted by Gasteiger charge is -2.12. The van der Waals surface area contributed by atoms with Gasteiger partial charge in [0.25, 0.3) is 0 Å². The molecule has 0 fully saturated rings. The molecule has 39 heavy (non-hydrogen) atoms. The van der Waals surface area contributed by atoms with Crippen LogP contribution in [0.1, 0.15) is 21.6 Å². The molecule has 0 bridgehead atoms. The van der Waals surface area contributed by atoms with Gasteiger partial charge in [0, 0.05) is 17.0 Å². The molecule has 0 radical (unpaired) electrons. The lowest BCUT2D eigenvalue weighted by Crippen LogP contribution is -2.10. The molecule has 0 aliphatic heterocycles. The Morgan fingerprint density at radius 1 is 1.08 bits per heavy atom. The van der Waals surface area contributed by atoms with Crippen molar-refractivity contribution in [1.29, 1.82) is 0 Å². The van der Waals surface area contributed by atoms with Crippen LogP contribution in [0.2, 0.25) is 0 Å². The number of nitrogens with two attached hydrogens (primary N) is 1.